The van der Waals surface area contributed by atoms with E-state index in [1.165, 1.54) is 6.07 Å². The zero-order valence-corrected chi connectivity index (χ0v) is 11.1. The quantitative estimate of drug-likeness (QED) is 0.834. The van der Waals surface area contributed by atoms with Gasteiger partial charge in [0.05, 0.1) is 0 Å². The maximum atomic E-state index is 13.3. The first kappa shape index (κ1) is 13.2. The Hall–Kier alpha value is -1.22. The fourth-order valence-electron chi connectivity index (χ4n) is 2.72. The summed E-state index contributed by atoms with van der Waals surface area (Å²) < 4.78 is 13.3. The van der Waals surface area contributed by atoms with Crippen LogP contribution in [0.3, 0.4) is 0 Å². The van der Waals surface area contributed by atoms with E-state index in [4.69, 9.17) is 0 Å². The molecule has 0 bridgehead atoms. The predicted molar refractivity (Wildman–Crippen MR) is 70.3 cm³/mol. The zero-order chi connectivity index (χ0) is 13.2. The Morgan fingerprint density at radius 3 is 2.83 bits per heavy atom. The standard InChI is InChI=1S/C15H20FNO/c1-3-15(7-4-8-17-10-15)14(18)12-5-6-13(16)11(2)9-12/h5-6,9,17H,3-4,7-8,10H2,1-2H3. The molecule has 1 aromatic rings. The largest absolute Gasteiger partial charge is 0.316 e. The molecule has 1 N–H and O–H groups in total. The lowest BCUT2D eigenvalue weighted by molar-refractivity contribution is 0.0730. The van der Waals surface area contributed by atoms with E-state index in [9.17, 15) is 9.18 Å². The third kappa shape index (κ3) is 2.32. The van der Waals surface area contributed by atoms with E-state index in [1.807, 2.05) is 0 Å². The molecule has 1 aliphatic rings. The lowest BCUT2D eigenvalue weighted by Gasteiger charge is -2.35. The van der Waals surface area contributed by atoms with Crippen molar-refractivity contribution < 1.29 is 9.18 Å². The van der Waals surface area contributed by atoms with Gasteiger partial charge in [-0.25, -0.2) is 4.39 Å². The number of piperidine rings is 1. The van der Waals surface area contributed by atoms with Gasteiger partial charge in [-0.1, -0.05) is 6.92 Å². The summed E-state index contributed by atoms with van der Waals surface area (Å²) in [5, 5.41) is 3.31. The summed E-state index contributed by atoms with van der Waals surface area (Å²) >= 11 is 0. The molecule has 2 nitrogen and oxygen atoms in total. The smallest absolute Gasteiger partial charge is 0.170 e. The van der Waals surface area contributed by atoms with Crippen LogP contribution in [-0.2, 0) is 0 Å². The monoisotopic (exact) mass is 249 g/mol. The maximum absolute atomic E-state index is 13.3. The number of nitrogens with one attached hydrogen (secondary N) is 1. The molecule has 1 aromatic carbocycles. The van der Waals surface area contributed by atoms with Gasteiger partial charge in [0.1, 0.15) is 5.82 Å². The number of carbonyl (C=O) groups excluding carboxylic acids is 1. The summed E-state index contributed by atoms with van der Waals surface area (Å²) in [6.45, 7) is 5.47. The number of rotatable bonds is 3. The number of carbonyl (C=O) groups is 1. The van der Waals surface area contributed by atoms with E-state index < -0.39 is 0 Å². The molecule has 1 saturated heterocycles. The van der Waals surface area contributed by atoms with Crippen LogP contribution >= 0.6 is 0 Å². The van der Waals surface area contributed by atoms with Crippen molar-refractivity contribution in [1.29, 1.82) is 0 Å². The Bertz CT molecular complexity index is 450. The van der Waals surface area contributed by atoms with Crippen molar-refractivity contribution >= 4 is 5.78 Å². The van der Waals surface area contributed by atoms with Gasteiger partial charge in [-0.2, -0.15) is 0 Å². The third-order valence-corrected chi connectivity index (χ3v) is 4.05. The van der Waals surface area contributed by atoms with Crippen LogP contribution < -0.4 is 5.32 Å². The van der Waals surface area contributed by atoms with Gasteiger partial charge >= 0.3 is 0 Å². The number of aryl methyl sites for hydroxylation is 1. The van der Waals surface area contributed by atoms with Gasteiger partial charge < -0.3 is 5.32 Å². The summed E-state index contributed by atoms with van der Waals surface area (Å²) in [4.78, 5) is 12.7. The molecule has 1 aliphatic heterocycles. The highest BCUT2D eigenvalue weighted by Gasteiger charge is 2.38. The molecule has 3 heteroatoms. The minimum Gasteiger partial charge on any atom is -0.316 e. The Morgan fingerprint density at radius 1 is 1.50 bits per heavy atom. The second-order valence-corrected chi connectivity index (χ2v) is 5.21. The summed E-state index contributed by atoms with van der Waals surface area (Å²) in [5.74, 6) is -0.0980. The van der Waals surface area contributed by atoms with Gasteiger partial charge in [-0.15, -0.1) is 0 Å². The van der Waals surface area contributed by atoms with E-state index in [0.717, 1.165) is 32.4 Å². The van der Waals surface area contributed by atoms with Crippen molar-refractivity contribution in [3.05, 3.63) is 35.1 Å². The molecule has 0 radical (unpaired) electrons. The van der Waals surface area contributed by atoms with Crippen molar-refractivity contribution in [3.63, 3.8) is 0 Å². The number of ketones is 1. The van der Waals surface area contributed by atoms with Crippen LogP contribution in [0.2, 0.25) is 0 Å². The fourth-order valence-corrected chi connectivity index (χ4v) is 2.72. The lowest BCUT2D eigenvalue weighted by Crippen LogP contribution is -2.45. The Kier molecular flexibility index (Phi) is 3.81. The van der Waals surface area contributed by atoms with Crippen molar-refractivity contribution in [2.75, 3.05) is 13.1 Å². The summed E-state index contributed by atoms with van der Waals surface area (Å²) in [6, 6.07) is 4.67. The molecule has 1 fully saturated rings. The van der Waals surface area contributed by atoms with E-state index in [2.05, 4.69) is 12.2 Å². The molecular formula is C15H20FNO. The van der Waals surface area contributed by atoms with Crippen molar-refractivity contribution in [3.8, 4) is 0 Å². The molecule has 1 atom stereocenters. The fraction of sp³-hybridized carbons (Fsp3) is 0.533. The van der Waals surface area contributed by atoms with Gasteiger partial charge in [0.15, 0.2) is 5.78 Å². The average molecular weight is 249 g/mol. The first-order valence-corrected chi connectivity index (χ1v) is 6.61. The number of benzene rings is 1. The van der Waals surface area contributed by atoms with Gasteiger partial charge in [0, 0.05) is 17.5 Å². The zero-order valence-electron chi connectivity index (χ0n) is 11.1. The molecule has 0 aliphatic carbocycles. The topological polar surface area (TPSA) is 29.1 Å². The van der Waals surface area contributed by atoms with Crippen molar-refractivity contribution in [2.24, 2.45) is 5.41 Å². The molecule has 0 saturated carbocycles. The first-order chi connectivity index (χ1) is 8.59. The molecule has 0 amide bonds. The third-order valence-electron chi connectivity index (χ3n) is 4.05. The number of halogens is 1. The van der Waals surface area contributed by atoms with E-state index in [0.29, 0.717) is 11.1 Å². The summed E-state index contributed by atoms with van der Waals surface area (Å²) in [5.41, 5.74) is 0.873. The second kappa shape index (κ2) is 5.19. The minimum absolute atomic E-state index is 0.153. The van der Waals surface area contributed by atoms with Crippen LogP contribution in [-0.4, -0.2) is 18.9 Å². The lowest BCUT2D eigenvalue weighted by atomic mass is 9.72. The molecule has 1 unspecified atom stereocenters. The van der Waals surface area contributed by atoms with Crippen LogP contribution in [0.15, 0.2) is 18.2 Å². The molecule has 0 spiro atoms. The second-order valence-electron chi connectivity index (χ2n) is 5.21. The SMILES string of the molecule is CCC1(C(=O)c2ccc(F)c(C)c2)CCCNC1. The van der Waals surface area contributed by atoms with Crippen molar-refractivity contribution in [2.45, 2.75) is 33.1 Å². The Morgan fingerprint density at radius 2 is 2.28 bits per heavy atom. The molecular weight excluding hydrogens is 229 g/mol. The first-order valence-electron chi connectivity index (χ1n) is 6.61. The number of Topliss-reactive ketones (excluding diaryl/α,β-unsaturated/α-hetero) is 1. The summed E-state index contributed by atoms with van der Waals surface area (Å²) in [6.07, 6.45) is 2.78. The highest BCUT2D eigenvalue weighted by Crippen LogP contribution is 2.34. The molecule has 2 rings (SSSR count). The van der Waals surface area contributed by atoms with Crippen molar-refractivity contribution in [1.82, 2.24) is 5.32 Å². The van der Waals surface area contributed by atoms with Gasteiger partial charge in [0.25, 0.3) is 0 Å². The molecule has 98 valence electrons. The molecule has 0 aromatic heterocycles. The summed E-state index contributed by atoms with van der Waals surface area (Å²) in [7, 11) is 0. The number of hydrogen-bond donors (Lipinski definition) is 1. The van der Waals surface area contributed by atoms with Crippen LogP contribution in [0.4, 0.5) is 4.39 Å². The van der Waals surface area contributed by atoms with Crippen LogP contribution in [0, 0.1) is 18.2 Å². The Labute approximate surface area is 108 Å². The Balaban J connectivity index is 2.30. The van der Waals surface area contributed by atoms with Crippen LogP contribution in [0.25, 0.3) is 0 Å². The van der Waals surface area contributed by atoms with E-state index >= 15 is 0 Å². The van der Waals surface area contributed by atoms with E-state index in [-0.39, 0.29) is 17.0 Å². The van der Waals surface area contributed by atoms with Gasteiger partial charge in [-0.3, -0.25) is 4.79 Å². The highest BCUT2D eigenvalue weighted by atomic mass is 19.1. The van der Waals surface area contributed by atoms with E-state index in [1.54, 1.807) is 19.1 Å². The normalized spacial score (nSPS) is 23.9. The maximum Gasteiger partial charge on any atom is 0.170 e. The minimum atomic E-state index is -0.303. The van der Waals surface area contributed by atoms with Crippen LogP contribution in [0.5, 0.6) is 0 Å². The van der Waals surface area contributed by atoms with Gasteiger partial charge in [0.2, 0.25) is 0 Å². The molecule has 18 heavy (non-hydrogen) atoms. The van der Waals surface area contributed by atoms with Gasteiger partial charge in [-0.05, 0) is 56.5 Å². The molecule has 1 heterocycles. The number of hydrogen-bond acceptors (Lipinski definition) is 2. The average Bonchev–Trinajstić information content (AvgIpc) is 2.42. The highest BCUT2D eigenvalue weighted by molar-refractivity contribution is 6.00. The van der Waals surface area contributed by atoms with Crippen LogP contribution in [0.1, 0.15) is 42.1 Å². The predicted octanol–water partition coefficient (Wildman–Crippen LogP) is 3.10.